The van der Waals surface area contributed by atoms with Crippen molar-refractivity contribution in [3.8, 4) is 16.8 Å². The van der Waals surface area contributed by atoms with Crippen LogP contribution in [0.25, 0.3) is 16.8 Å². The predicted molar refractivity (Wildman–Crippen MR) is 159 cm³/mol. The molecule has 5 rings (SSSR count). The quantitative estimate of drug-likeness (QED) is 0.243. The van der Waals surface area contributed by atoms with Crippen LogP contribution in [0.3, 0.4) is 0 Å². The van der Waals surface area contributed by atoms with E-state index in [0.717, 1.165) is 0 Å². The van der Waals surface area contributed by atoms with Crippen LogP contribution in [0.2, 0.25) is 5.02 Å². The zero-order valence-corrected chi connectivity index (χ0v) is 24.5. The van der Waals surface area contributed by atoms with Gasteiger partial charge in [0, 0.05) is 23.4 Å². The second-order valence-corrected chi connectivity index (χ2v) is 10.7. The number of hydrogen-bond acceptors (Lipinski definition) is 7. The molecule has 2 atom stereocenters. The highest BCUT2D eigenvalue weighted by Gasteiger charge is 2.25. The SMILES string of the molecule is Cc1c(C(=O)NC2CCCC(C)C(=O)Nc3cc(NC(=O)OCF)ccc3-c3ccnc2c3)nnn1-c1cccc(Cl)c1F. The van der Waals surface area contributed by atoms with Crippen molar-refractivity contribution in [2.24, 2.45) is 5.92 Å². The van der Waals surface area contributed by atoms with Gasteiger partial charge in [-0.2, -0.15) is 0 Å². The average Bonchev–Trinajstić information content (AvgIpc) is 3.38. The maximum Gasteiger partial charge on any atom is 0.413 e. The van der Waals surface area contributed by atoms with Crippen molar-refractivity contribution >= 4 is 40.9 Å². The molecule has 0 aliphatic carbocycles. The molecule has 1 aliphatic rings. The van der Waals surface area contributed by atoms with E-state index in [1.807, 2.05) is 0 Å². The summed E-state index contributed by atoms with van der Waals surface area (Å²) >= 11 is 5.93. The van der Waals surface area contributed by atoms with E-state index in [9.17, 15) is 23.2 Å². The molecule has 0 radical (unpaired) electrons. The van der Waals surface area contributed by atoms with Gasteiger partial charge in [0.15, 0.2) is 11.5 Å². The third kappa shape index (κ3) is 6.52. The van der Waals surface area contributed by atoms with Crippen LogP contribution in [-0.4, -0.2) is 44.7 Å². The van der Waals surface area contributed by atoms with Crippen molar-refractivity contribution in [3.63, 3.8) is 0 Å². The summed E-state index contributed by atoms with van der Waals surface area (Å²) in [5, 5.41) is 16.3. The molecule has 2 unspecified atom stereocenters. The summed E-state index contributed by atoms with van der Waals surface area (Å²) in [7, 11) is 0. The van der Waals surface area contributed by atoms with E-state index in [1.165, 1.54) is 16.8 Å². The second kappa shape index (κ2) is 13.2. The number of benzene rings is 2. The molecule has 11 nitrogen and oxygen atoms in total. The van der Waals surface area contributed by atoms with Crippen LogP contribution < -0.4 is 16.0 Å². The van der Waals surface area contributed by atoms with Crippen molar-refractivity contribution in [2.75, 3.05) is 17.5 Å². The fourth-order valence-corrected chi connectivity index (χ4v) is 5.12. The Kier molecular flexibility index (Phi) is 9.14. The number of hydrogen-bond donors (Lipinski definition) is 3. The number of alkyl halides is 1. The number of ether oxygens (including phenoxy) is 1. The Balaban J connectivity index is 1.47. The molecule has 3 heterocycles. The molecule has 2 bridgehead atoms. The molecular formula is C30H28ClF2N7O4. The summed E-state index contributed by atoms with van der Waals surface area (Å²) in [6.45, 7) is 2.12. The van der Waals surface area contributed by atoms with Gasteiger partial charge in [-0.25, -0.2) is 18.3 Å². The van der Waals surface area contributed by atoms with Gasteiger partial charge < -0.3 is 15.4 Å². The minimum atomic E-state index is -1.28. The maximum absolute atomic E-state index is 14.7. The number of fused-ring (bicyclic) bond motifs is 4. The van der Waals surface area contributed by atoms with Crippen LogP contribution >= 0.6 is 11.6 Å². The van der Waals surface area contributed by atoms with Gasteiger partial charge in [0.05, 0.1) is 28.1 Å². The van der Waals surface area contributed by atoms with E-state index < -0.39 is 30.7 Å². The zero-order valence-electron chi connectivity index (χ0n) is 23.7. The third-order valence-corrected chi connectivity index (χ3v) is 7.60. The van der Waals surface area contributed by atoms with E-state index in [1.54, 1.807) is 56.4 Å². The Labute approximate surface area is 256 Å². The average molecular weight is 624 g/mol. The molecule has 2 aromatic carbocycles. The lowest BCUT2D eigenvalue weighted by Crippen LogP contribution is -2.30. The first-order valence-corrected chi connectivity index (χ1v) is 14.1. The molecule has 44 heavy (non-hydrogen) atoms. The summed E-state index contributed by atoms with van der Waals surface area (Å²) in [5.41, 5.74) is 2.99. The highest BCUT2D eigenvalue weighted by molar-refractivity contribution is 6.30. The van der Waals surface area contributed by atoms with Gasteiger partial charge in [0.2, 0.25) is 12.8 Å². The zero-order chi connectivity index (χ0) is 31.4. The number of halogens is 3. The van der Waals surface area contributed by atoms with Crippen LogP contribution in [0, 0.1) is 18.7 Å². The molecule has 228 valence electrons. The number of aromatic nitrogens is 4. The van der Waals surface area contributed by atoms with Gasteiger partial charge in [0.1, 0.15) is 5.69 Å². The van der Waals surface area contributed by atoms with Gasteiger partial charge >= 0.3 is 6.09 Å². The van der Waals surface area contributed by atoms with Crippen LogP contribution in [0.4, 0.5) is 25.0 Å². The number of carbonyl (C=O) groups is 3. The largest absolute Gasteiger partial charge is 0.417 e. The molecule has 3 N–H and O–H groups in total. The van der Waals surface area contributed by atoms with Gasteiger partial charge in [-0.3, -0.25) is 19.9 Å². The number of anilines is 2. The Hall–Kier alpha value is -4.91. The fourth-order valence-electron chi connectivity index (χ4n) is 4.95. The first kappa shape index (κ1) is 30.5. The maximum atomic E-state index is 14.7. The molecule has 4 aromatic rings. The fraction of sp³-hybridized carbons (Fsp3) is 0.267. The second-order valence-electron chi connectivity index (χ2n) is 10.3. The lowest BCUT2D eigenvalue weighted by Gasteiger charge is -2.22. The van der Waals surface area contributed by atoms with E-state index >= 15 is 0 Å². The summed E-state index contributed by atoms with van der Waals surface area (Å²) < 4.78 is 32.6. The Morgan fingerprint density at radius 2 is 2.00 bits per heavy atom. The number of amides is 3. The number of rotatable bonds is 5. The monoisotopic (exact) mass is 623 g/mol. The molecule has 14 heteroatoms. The standard InChI is InChI=1S/C30H28ClF2N7O4/c1-16-5-3-7-22(36-29(42)27-17(2)40(39-38-27)25-8-4-6-21(31)26(25)33)24-13-18(11-12-34-24)20-10-9-19(35-30(43)44-15-32)14-23(20)37-28(16)41/h4,6,8-14,16,22H,3,5,7,15H2,1-2H3,(H,35,43)(H,36,42)(H,37,41). The molecule has 3 amide bonds. The van der Waals surface area contributed by atoms with E-state index in [-0.39, 0.29) is 28.2 Å². The first-order chi connectivity index (χ1) is 21.2. The summed E-state index contributed by atoms with van der Waals surface area (Å²) in [6.07, 6.45) is 2.18. The van der Waals surface area contributed by atoms with E-state index in [0.29, 0.717) is 53.2 Å². The van der Waals surface area contributed by atoms with Crippen molar-refractivity contribution in [1.82, 2.24) is 25.3 Å². The van der Waals surface area contributed by atoms with Crippen molar-refractivity contribution in [2.45, 2.75) is 39.2 Å². The van der Waals surface area contributed by atoms with Crippen molar-refractivity contribution < 1.29 is 27.9 Å². The molecule has 1 aliphatic heterocycles. The topological polar surface area (TPSA) is 140 Å². The van der Waals surface area contributed by atoms with Gasteiger partial charge in [-0.05, 0) is 61.7 Å². The number of pyridine rings is 1. The Morgan fingerprint density at radius 1 is 1.18 bits per heavy atom. The van der Waals surface area contributed by atoms with Crippen LogP contribution in [0.5, 0.6) is 0 Å². The number of carbonyl (C=O) groups excluding carboxylic acids is 3. The Morgan fingerprint density at radius 3 is 2.80 bits per heavy atom. The summed E-state index contributed by atoms with van der Waals surface area (Å²) in [5.74, 6) is -1.82. The highest BCUT2D eigenvalue weighted by atomic mass is 35.5. The Bertz CT molecular complexity index is 1730. The molecule has 0 saturated heterocycles. The summed E-state index contributed by atoms with van der Waals surface area (Å²) in [6, 6.07) is 12.3. The smallest absolute Gasteiger partial charge is 0.413 e. The van der Waals surface area contributed by atoms with Crippen molar-refractivity contribution in [3.05, 3.63) is 82.6 Å². The number of nitrogens with one attached hydrogen (secondary N) is 3. The van der Waals surface area contributed by atoms with E-state index in [4.69, 9.17) is 11.6 Å². The summed E-state index contributed by atoms with van der Waals surface area (Å²) in [4.78, 5) is 42.9. The van der Waals surface area contributed by atoms with Gasteiger partial charge in [-0.15, -0.1) is 5.10 Å². The molecule has 0 spiro atoms. The van der Waals surface area contributed by atoms with Crippen molar-refractivity contribution in [1.29, 1.82) is 0 Å². The number of nitrogens with zero attached hydrogens (tertiary/aromatic N) is 4. The van der Waals surface area contributed by atoms with Crippen LogP contribution in [-0.2, 0) is 9.53 Å². The molecule has 0 fully saturated rings. The molecular weight excluding hydrogens is 596 g/mol. The highest BCUT2D eigenvalue weighted by Crippen LogP contribution is 2.34. The van der Waals surface area contributed by atoms with Crippen LogP contribution in [0.1, 0.15) is 54.1 Å². The molecule has 0 saturated carbocycles. The van der Waals surface area contributed by atoms with Gasteiger partial charge in [0.25, 0.3) is 5.91 Å². The first-order valence-electron chi connectivity index (χ1n) is 13.7. The lowest BCUT2D eigenvalue weighted by molar-refractivity contribution is -0.119. The molecule has 2 aromatic heterocycles. The third-order valence-electron chi connectivity index (χ3n) is 7.31. The minimum Gasteiger partial charge on any atom is -0.417 e. The van der Waals surface area contributed by atoms with Gasteiger partial charge in [-0.1, -0.05) is 42.3 Å². The lowest BCUT2D eigenvalue weighted by atomic mass is 9.95. The van der Waals surface area contributed by atoms with Crippen LogP contribution in [0.15, 0.2) is 54.7 Å². The normalized spacial score (nSPS) is 16.5. The minimum absolute atomic E-state index is 0.0102. The predicted octanol–water partition coefficient (Wildman–Crippen LogP) is 6.14. The van der Waals surface area contributed by atoms with E-state index in [2.05, 4.69) is 36.0 Å².